The maximum absolute atomic E-state index is 13.0. The lowest BCUT2D eigenvalue weighted by Crippen LogP contribution is -2.52. The Kier molecular flexibility index (Phi) is 7.91. The highest BCUT2D eigenvalue weighted by Crippen LogP contribution is 2.16. The maximum Gasteiger partial charge on any atom is 0.321 e. The minimum Gasteiger partial charge on any atom is -0.390 e. The first-order valence-electron chi connectivity index (χ1n) is 11.6. The first-order chi connectivity index (χ1) is 16.6. The van der Waals surface area contributed by atoms with E-state index in [1.807, 2.05) is 72.8 Å². The number of hydrogen-bond acceptors (Lipinski definition) is 3. The molecule has 0 saturated heterocycles. The van der Waals surface area contributed by atoms with Crippen LogP contribution in [0.2, 0.25) is 0 Å². The Morgan fingerprint density at radius 2 is 1.47 bits per heavy atom. The molecule has 0 aliphatic heterocycles. The molecule has 4 aromatic carbocycles. The van der Waals surface area contributed by atoms with E-state index >= 15 is 0 Å². The highest BCUT2D eigenvalue weighted by Gasteiger charge is 2.23. The van der Waals surface area contributed by atoms with E-state index in [-0.39, 0.29) is 6.03 Å². The molecule has 2 atom stereocenters. The zero-order valence-corrected chi connectivity index (χ0v) is 19.4. The number of anilines is 1. The standard InChI is InChI=1S/C29H31N3O2/c1-32(26-14-6-3-7-15-26)29(34)31-27(19-22-10-4-2-5-11-22)28(33)21-30-20-23-16-17-24-12-8-9-13-25(24)18-23/h2-18,27-28,30,33H,19-21H2,1H3,(H,31,34)/t27-,28+/m0/s1. The second kappa shape index (κ2) is 11.5. The number of aliphatic hydroxyl groups is 1. The van der Waals surface area contributed by atoms with Gasteiger partial charge in [0.05, 0.1) is 12.1 Å². The zero-order chi connectivity index (χ0) is 23.8. The van der Waals surface area contributed by atoms with Crippen LogP contribution in [0.1, 0.15) is 11.1 Å². The third-order valence-electron chi connectivity index (χ3n) is 6.02. The van der Waals surface area contributed by atoms with Crippen LogP contribution >= 0.6 is 0 Å². The van der Waals surface area contributed by atoms with E-state index in [4.69, 9.17) is 0 Å². The van der Waals surface area contributed by atoms with E-state index in [0.717, 1.165) is 16.8 Å². The molecular formula is C29H31N3O2. The summed E-state index contributed by atoms with van der Waals surface area (Å²) in [4.78, 5) is 14.5. The van der Waals surface area contributed by atoms with Gasteiger partial charge in [-0.3, -0.25) is 4.90 Å². The molecule has 34 heavy (non-hydrogen) atoms. The van der Waals surface area contributed by atoms with Crippen LogP contribution < -0.4 is 15.5 Å². The monoisotopic (exact) mass is 453 g/mol. The molecule has 2 amide bonds. The SMILES string of the molecule is CN(C(=O)N[C@@H](Cc1ccccc1)[C@H](O)CNCc1ccc2ccccc2c1)c1ccccc1. The first-order valence-corrected chi connectivity index (χ1v) is 11.6. The zero-order valence-electron chi connectivity index (χ0n) is 19.4. The molecule has 0 heterocycles. The average Bonchev–Trinajstić information content (AvgIpc) is 2.88. The fourth-order valence-electron chi connectivity index (χ4n) is 4.03. The van der Waals surface area contributed by atoms with Crippen molar-refractivity contribution in [3.63, 3.8) is 0 Å². The number of amides is 2. The van der Waals surface area contributed by atoms with Gasteiger partial charge in [-0.2, -0.15) is 0 Å². The lowest BCUT2D eigenvalue weighted by Gasteiger charge is -2.27. The van der Waals surface area contributed by atoms with Crippen LogP contribution in [0.3, 0.4) is 0 Å². The summed E-state index contributed by atoms with van der Waals surface area (Å²) in [6, 6.07) is 33.3. The van der Waals surface area contributed by atoms with Gasteiger partial charge in [0.2, 0.25) is 0 Å². The number of fused-ring (bicyclic) bond motifs is 1. The topological polar surface area (TPSA) is 64.6 Å². The van der Waals surface area contributed by atoms with E-state index in [0.29, 0.717) is 19.5 Å². The Hall–Kier alpha value is -3.67. The number of para-hydroxylation sites is 1. The first kappa shape index (κ1) is 23.5. The molecule has 174 valence electrons. The molecular weight excluding hydrogens is 422 g/mol. The second-order valence-corrected chi connectivity index (χ2v) is 8.52. The average molecular weight is 454 g/mol. The summed E-state index contributed by atoms with van der Waals surface area (Å²) in [5.41, 5.74) is 3.00. The molecule has 0 saturated carbocycles. The van der Waals surface area contributed by atoms with Gasteiger partial charge in [-0.25, -0.2) is 4.79 Å². The molecule has 0 radical (unpaired) electrons. The molecule has 4 rings (SSSR count). The molecule has 3 N–H and O–H groups in total. The Labute approximate surface area is 201 Å². The molecule has 0 aromatic heterocycles. The molecule has 5 nitrogen and oxygen atoms in total. The summed E-state index contributed by atoms with van der Waals surface area (Å²) >= 11 is 0. The van der Waals surface area contributed by atoms with Gasteiger partial charge >= 0.3 is 6.03 Å². The van der Waals surface area contributed by atoms with Gasteiger partial charge in [-0.15, -0.1) is 0 Å². The van der Waals surface area contributed by atoms with Gasteiger partial charge in [0.25, 0.3) is 0 Å². The Bertz CT molecular complexity index is 1200. The lowest BCUT2D eigenvalue weighted by molar-refractivity contribution is 0.127. The highest BCUT2D eigenvalue weighted by atomic mass is 16.3. The summed E-state index contributed by atoms with van der Waals surface area (Å²) in [7, 11) is 1.73. The number of carbonyl (C=O) groups is 1. The minimum absolute atomic E-state index is 0.249. The smallest absolute Gasteiger partial charge is 0.321 e. The number of benzene rings is 4. The number of nitrogens with zero attached hydrogens (tertiary/aromatic N) is 1. The summed E-state index contributed by atoms with van der Waals surface area (Å²) in [5.74, 6) is 0. The van der Waals surface area contributed by atoms with Crippen LogP contribution in [-0.4, -0.2) is 36.9 Å². The molecule has 0 spiro atoms. The number of nitrogens with one attached hydrogen (secondary N) is 2. The van der Waals surface area contributed by atoms with Crippen LogP contribution in [0, 0.1) is 0 Å². The van der Waals surface area contributed by atoms with Gasteiger partial charge < -0.3 is 15.7 Å². The fourth-order valence-corrected chi connectivity index (χ4v) is 4.03. The van der Waals surface area contributed by atoms with Gasteiger partial charge in [-0.05, 0) is 46.5 Å². The minimum atomic E-state index is -0.756. The Balaban J connectivity index is 1.40. The number of hydrogen-bond donors (Lipinski definition) is 3. The predicted molar refractivity (Wildman–Crippen MR) is 139 cm³/mol. The van der Waals surface area contributed by atoms with Crippen LogP contribution in [0.15, 0.2) is 103 Å². The molecule has 0 fully saturated rings. The van der Waals surface area contributed by atoms with Gasteiger partial charge in [0.1, 0.15) is 0 Å². The highest BCUT2D eigenvalue weighted by molar-refractivity contribution is 5.91. The third-order valence-corrected chi connectivity index (χ3v) is 6.02. The summed E-state index contributed by atoms with van der Waals surface area (Å²) in [6.07, 6.45) is -0.220. The van der Waals surface area contributed by atoms with Gasteiger partial charge in [-0.1, -0.05) is 84.9 Å². The Morgan fingerprint density at radius 3 is 2.21 bits per heavy atom. The molecule has 5 heteroatoms. The van der Waals surface area contributed by atoms with Crippen LogP contribution in [0.4, 0.5) is 10.5 Å². The van der Waals surface area contributed by atoms with Gasteiger partial charge in [0.15, 0.2) is 0 Å². The summed E-state index contributed by atoms with van der Waals surface area (Å²) in [6.45, 7) is 0.997. The molecule has 0 unspecified atom stereocenters. The fraction of sp³-hybridized carbons (Fsp3) is 0.207. The van der Waals surface area contributed by atoms with Gasteiger partial charge in [0, 0.05) is 25.8 Å². The van der Waals surface area contributed by atoms with Crippen molar-refractivity contribution >= 4 is 22.5 Å². The van der Waals surface area contributed by atoms with Crippen molar-refractivity contribution in [3.05, 3.63) is 114 Å². The normalized spacial score (nSPS) is 12.8. The van der Waals surface area contributed by atoms with Crippen molar-refractivity contribution in [1.29, 1.82) is 0 Å². The summed E-state index contributed by atoms with van der Waals surface area (Å²) in [5, 5.41) is 19.8. The van der Waals surface area contributed by atoms with Crippen LogP contribution in [0.25, 0.3) is 10.8 Å². The van der Waals surface area contributed by atoms with Crippen LogP contribution in [0.5, 0.6) is 0 Å². The number of rotatable bonds is 9. The van der Waals surface area contributed by atoms with E-state index < -0.39 is 12.1 Å². The summed E-state index contributed by atoms with van der Waals surface area (Å²) < 4.78 is 0. The molecule has 0 aliphatic carbocycles. The van der Waals surface area contributed by atoms with Crippen molar-refractivity contribution in [1.82, 2.24) is 10.6 Å². The van der Waals surface area contributed by atoms with Crippen molar-refractivity contribution in [2.24, 2.45) is 0 Å². The maximum atomic E-state index is 13.0. The quantitative estimate of drug-likeness (QED) is 0.343. The Morgan fingerprint density at radius 1 is 0.824 bits per heavy atom. The number of aliphatic hydroxyl groups excluding tert-OH is 1. The molecule has 4 aromatic rings. The van der Waals surface area contributed by atoms with E-state index in [2.05, 4.69) is 41.0 Å². The van der Waals surface area contributed by atoms with E-state index in [1.165, 1.54) is 10.8 Å². The van der Waals surface area contributed by atoms with Crippen molar-refractivity contribution in [3.8, 4) is 0 Å². The van der Waals surface area contributed by atoms with E-state index in [9.17, 15) is 9.90 Å². The molecule has 0 aliphatic rings. The predicted octanol–water partition coefficient (Wildman–Crippen LogP) is 4.75. The van der Waals surface area contributed by atoms with E-state index in [1.54, 1.807) is 11.9 Å². The number of urea groups is 1. The van der Waals surface area contributed by atoms with Crippen molar-refractivity contribution in [2.75, 3.05) is 18.5 Å². The molecule has 0 bridgehead atoms. The van der Waals surface area contributed by atoms with Crippen molar-refractivity contribution < 1.29 is 9.90 Å². The van der Waals surface area contributed by atoms with Crippen molar-refractivity contribution in [2.45, 2.75) is 25.1 Å². The number of carbonyl (C=O) groups excluding carboxylic acids is 1. The lowest BCUT2D eigenvalue weighted by atomic mass is 10.0. The largest absolute Gasteiger partial charge is 0.390 e. The second-order valence-electron chi connectivity index (χ2n) is 8.52. The third kappa shape index (κ3) is 6.22. The van der Waals surface area contributed by atoms with Crippen LogP contribution in [-0.2, 0) is 13.0 Å².